The van der Waals surface area contributed by atoms with Gasteiger partial charge in [0.2, 0.25) is 0 Å². The zero-order valence-electron chi connectivity index (χ0n) is 9.36. The average Bonchev–Trinajstić information content (AvgIpc) is 2.12. The minimum Gasteiger partial charge on any atom is -0.373 e. The molecule has 0 bridgehead atoms. The Hall–Kier alpha value is -0.590. The molecule has 80 valence electrons. The lowest BCUT2D eigenvalue weighted by molar-refractivity contribution is -0.0802. The summed E-state index contributed by atoms with van der Waals surface area (Å²) in [6.45, 7) is 8.27. The third-order valence-electron chi connectivity index (χ3n) is 2.76. The third kappa shape index (κ3) is 2.97. The van der Waals surface area contributed by atoms with E-state index in [1.54, 1.807) is 0 Å². The van der Waals surface area contributed by atoms with Crippen molar-refractivity contribution in [2.45, 2.75) is 51.9 Å². The van der Waals surface area contributed by atoms with Crippen LogP contribution in [0.2, 0.25) is 0 Å². The maximum atomic E-state index is 8.72. The predicted octanol–water partition coefficient (Wildman–Crippen LogP) is 1.79. The first kappa shape index (κ1) is 11.5. The molecule has 0 aromatic rings. The molecule has 0 radical (unpaired) electrons. The summed E-state index contributed by atoms with van der Waals surface area (Å²) in [6, 6.07) is 2.67. The summed E-state index contributed by atoms with van der Waals surface area (Å²) in [5.74, 6) is 0. The number of morpholine rings is 1. The van der Waals surface area contributed by atoms with Gasteiger partial charge >= 0.3 is 0 Å². The molecule has 1 saturated heterocycles. The number of rotatable bonds is 3. The van der Waals surface area contributed by atoms with Crippen molar-refractivity contribution >= 4 is 0 Å². The Morgan fingerprint density at radius 2 is 2.00 bits per heavy atom. The van der Waals surface area contributed by atoms with E-state index in [1.165, 1.54) is 0 Å². The summed E-state index contributed by atoms with van der Waals surface area (Å²) in [4.78, 5) is 2.39. The lowest BCUT2D eigenvalue weighted by atomic mass is 10.1. The second-order valence-corrected chi connectivity index (χ2v) is 4.14. The van der Waals surface area contributed by atoms with Crippen LogP contribution >= 0.6 is 0 Å². The van der Waals surface area contributed by atoms with E-state index in [0.717, 1.165) is 19.5 Å². The number of nitrogens with zero attached hydrogens (tertiary/aromatic N) is 2. The standard InChI is InChI=1S/C11H20N2O/c1-4-11(5-6-12)13-7-9(2)14-10(3)8-13/h9-11H,4-5,7-8H2,1-3H3. The van der Waals surface area contributed by atoms with Crippen molar-refractivity contribution in [1.82, 2.24) is 4.90 Å². The number of hydrogen-bond acceptors (Lipinski definition) is 3. The van der Waals surface area contributed by atoms with Gasteiger partial charge in [0.15, 0.2) is 0 Å². The zero-order chi connectivity index (χ0) is 10.6. The first-order valence-electron chi connectivity index (χ1n) is 5.43. The van der Waals surface area contributed by atoms with Crippen LogP contribution in [-0.4, -0.2) is 36.2 Å². The van der Waals surface area contributed by atoms with Gasteiger partial charge in [-0.2, -0.15) is 5.26 Å². The van der Waals surface area contributed by atoms with Crippen LogP contribution in [-0.2, 0) is 4.74 Å². The van der Waals surface area contributed by atoms with E-state index >= 15 is 0 Å². The van der Waals surface area contributed by atoms with Gasteiger partial charge in [0.05, 0.1) is 24.7 Å². The van der Waals surface area contributed by atoms with Crippen molar-refractivity contribution < 1.29 is 4.74 Å². The maximum Gasteiger partial charge on any atom is 0.0678 e. The summed E-state index contributed by atoms with van der Waals surface area (Å²) < 4.78 is 5.66. The highest BCUT2D eigenvalue weighted by atomic mass is 16.5. The molecule has 0 N–H and O–H groups in total. The molecule has 1 aliphatic heterocycles. The Kier molecular flexibility index (Phi) is 4.37. The zero-order valence-corrected chi connectivity index (χ0v) is 9.36. The molecule has 1 aliphatic rings. The third-order valence-corrected chi connectivity index (χ3v) is 2.76. The second kappa shape index (κ2) is 5.33. The van der Waals surface area contributed by atoms with Crippen LogP contribution in [0.3, 0.4) is 0 Å². The number of hydrogen-bond donors (Lipinski definition) is 0. The Labute approximate surface area is 86.6 Å². The molecule has 0 saturated carbocycles. The molecule has 0 aromatic carbocycles. The van der Waals surface area contributed by atoms with E-state index in [-0.39, 0.29) is 0 Å². The first-order chi connectivity index (χ1) is 6.67. The molecule has 1 heterocycles. The normalized spacial score (nSPS) is 31.0. The Morgan fingerprint density at radius 3 is 2.43 bits per heavy atom. The number of nitriles is 1. The van der Waals surface area contributed by atoms with Gasteiger partial charge in [-0.05, 0) is 20.3 Å². The lowest BCUT2D eigenvalue weighted by Crippen LogP contribution is -2.49. The molecule has 14 heavy (non-hydrogen) atoms. The van der Waals surface area contributed by atoms with Crippen LogP contribution in [0.5, 0.6) is 0 Å². The molecule has 0 aliphatic carbocycles. The second-order valence-electron chi connectivity index (χ2n) is 4.14. The van der Waals surface area contributed by atoms with Crippen LogP contribution in [0.1, 0.15) is 33.6 Å². The van der Waals surface area contributed by atoms with Gasteiger partial charge in [0, 0.05) is 19.1 Å². The fraction of sp³-hybridized carbons (Fsp3) is 0.909. The maximum absolute atomic E-state index is 8.72. The minimum absolute atomic E-state index is 0.298. The predicted molar refractivity (Wildman–Crippen MR) is 55.9 cm³/mol. The van der Waals surface area contributed by atoms with E-state index in [2.05, 4.69) is 31.7 Å². The van der Waals surface area contributed by atoms with Gasteiger partial charge in [0.1, 0.15) is 0 Å². The molecule has 1 rings (SSSR count). The molecule has 3 atom stereocenters. The van der Waals surface area contributed by atoms with Gasteiger partial charge < -0.3 is 4.74 Å². The Morgan fingerprint density at radius 1 is 1.43 bits per heavy atom. The van der Waals surface area contributed by atoms with Crippen molar-refractivity contribution in [3.05, 3.63) is 0 Å². The van der Waals surface area contributed by atoms with Gasteiger partial charge in [-0.25, -0.2) is 0 Å². The fourth-order valence-electron chi connectivity index (χ4n) is 2.15. The van der Waals surface area contributed by atoms with Crippen molar-refractivity contribution in [2.75, 3.05) is 13.1 Å². The molecule has 3 nitrogen and oxygen atoms in total. The van der Waals surface area contributed by atoms with Crippen molar-refractivity contribution in [3.8, 4) is 6.07 Å². The molecule has 0 spiro atoms. The average molecular weight is 196 g/mol. The van der Waals surface area contributed by atoms with Gasteiger partial charge in [-0.1, -0.05) is 6.92 Å². The van der Waals surface area contributed by atoms with Crippen molar-refractivity contribution in [1.29, 1.82) is 5.26 Å². The van der Waals surface area contributed by atoms with Crippen LogP contribution < -0.4 is 0 Å². The van der Waals surface area contributed by atoms with E-state index < -0.39 is 0 Å². The highest BCUT2D eigenvalue weighted by Gasteiger charge is 2.26. The first-order valence-corrected chi connectivity index (χ1v) is 5.43. The molecular formula is C11H20N2O. The molecule has 3 unspecified atom stereocenters. The monoisotopic (exact) mass is 196 g/mol. The summed E-state index contributed by atoms with van der Waals surface area (Å²) >= 11 is 0. The van der Waals surface area contributed by atoms with E-state index in [4.69, 9.17) is 10.00 Å². The van der Waals surface area contributed by atoms with Crippen molar-refractivity contribution in [3.63, 3.8) is 0 Å². The lowest BCUT2D eigenvalue weighted by Gasteiger charge is -2.39. The highest BCUT2D eigenvalue weighted by Crippen LogP contribution is 2.16. The molecule has 3 heteroatoms. The Balaban J connectivity index is 2.52. The summed E-state index contributed by atoms with van der Waals surface area (Å²) in [5.41, 5.74) is 0. The SMILES string of the molecule is CCC(CC#N)N1CC(C)OC(C)C1. The van der Waals surface area contributed by atoms with Crippen molar-refractivity contribution in [2.24, 2.45) is 0 Å². The van der Waals surface area contributed by atoms with E-state index in [1.807, 2.05) is 0 Å². The largest absolute Gasteiger partial charge is 0.373 e. The topological polar surface area (TPSA) is 36.3 Å². The van der Waals surface area contributed by atoms with E-state index in [0.29, 0.717) is 24.7 Å². The number of ether oxygens (including phenoxy) is 1. The van der Waals surface area contributed by atoms with Crippen LogP contribution in [0.4, 0.5) is 0 Å². The summed E-state index contributed by atoms with van der Waals surface area (Å²) in [7, 11) is 0. The minimum atomic E-state index is 0.298. The smallest absolute Gasteiger partial charge is 0.0678 e. The van der Waals surface area contributed by atoms with Crippen LogP contribution in [0.25, 0.3) is 0 Å². The molecule has 1 fully saturated rings. The fourth-order valence-corrected chi connectivity index (χ4v) is 2.15. The molecule has 0 amide bonds. The summed E-state index contributed by atoms with van der Waals surface area (Å²) in [6.07, 6.45) is 2.28. The van der Waals surface area contributed by atoms with Gasteiger partial charge in [-0.3, -0.25) is 4.90 Å². The Bertz CT molecular complexity index is 202. The molecule has 0 aromatic heterocycles. The van der Waals surface area contributed by atoms with Gasteiger partial charge in [-0.15, -0.1) is 0 Å². The summed E-state index contributed by atoms with van der Waals surface area (Å²) in [5, 5.41) is 8.72. The highest BCUT2D eigenvalue weighted by molar-refractivity contribution is 4.85. The van der Waals surface area contributed by atoms with Crippen LogP contribution in [0, 0.1) is 11.3 Å². The quantitative estimate of drug-likeness (QED) is 0.690. The molecular weight excluding hydrogens is 176 g/mol. The van der Waals surface area contributed by atoms with E-state index in [9.17, 15) is 0 Å². The van der Waals surface area contributed by atoms with Gasteiger partial charge in [0.25, 0.3) is 0 Å². The van der Waals surface area contributed by atoms with Crippen LogP contribution in [0.15, 0.2) is 0 Å².